The summed E-state index contributed by atoms with van der Waals surface area (Å²) in [6, 6.07) is 6.99. The molecule has 2 amide bonds. The van der Waals surface area contributed by atoms with E-state index in [9.17, 15) is 9.59 Å². The van der Waals surface area contributed by atoms with E-state index in [0.717, 1.165) is 0 Å². The van der Waals surface area contributed by atoms with Gasteiger partial charge >= 0.3 is 0 Å². The van der Waals surface area contributed by atoms with Gasteiger partial charge in [0.05, 0.1) is 52.6 Å². The van der Waals surface area contributed by atoms with Crippen LogP contribution in [0.2, 0.25) is 0 Å². The maximum atomic E-state index is 13.4. The summed E-state index contributed by atoms with van der Waals surface area (Å²) in [7, 11) is 0. The molecule has 0 saturated carbocycles. The first kappa shape index (κ1) is 21.8. The Balaban J connectivity index is 1.34. The van der Waals surface area contributed by atoms with E-state index in [0.29, 0.717) is 63.7 Å². The van der Waals surface area contributed by atoms with Crippen molar-refractivity contribution in [3.05, 3.63) is 35.4 Å². The highest BCUT2D eigenvalue weighted by molar-refractivity contribution is 5.99. The number of amides is 2. The molecule has 32 heavy (non-hydrogen) atoms. The second-order valence-corrected chi connectivity index (χ2v) is 10.9. The SMILES string of the molecule is CC1(CN(CC2(C)CO2)C(=O)c2cccc(C(=O)N(CC3(C)CO3)CC3(C)CO3)c2)CO1. The molecule has 0 N–H and O–H groups in total. The van der Waals surface area contributed by atoms with Gasteiger partial charge in [-0.15, -0.1) is 0 Å². The van der Waals surface area contributed by atoms with Crippen molar-refractivity contribution < 1.29 is 28.5 Å². The third-order valence-electron chi connectivity index (χ3n) is 6.58. The van der Waals surface area contributed by atoms with Gasteiger partial charge in [0.25, 0.3) is 11.8 Å². The van der Waals surface area contributed by atoms with Crippen molar-refractivity contribution in [2.24, 2.45) is 0 Å². The average Bonchev–Trinajstić information content (AvgIpc) is 3.58. The Hall–Kier alpha value is -2.00. The zero-order chi connectivity index (χ0) is 22.8. The molecule has 4 aliphatic rings. The number of hydrogen-bond donors (Lipinski definition) is 0. The topological polar surface area (TPSA) is 90.7 Å². The summed E-state index contributed by atoms with van der Waals surface area (Å²) >= 11 is 0. The van der Waals surface area contributed by atoms with Crippen molar-refractivity contribution in [3.63, 3.8) is 0 Å². The predicted octanol–water partition coefficient (Wildman–Crippen LogP) is 1.73. The normalized spacial score (nSPS) is 36.4. The Kier molecular flexibility index (Phi) is 4.94. The molecule has 8 heteroatoms. The second kappa shape index (κ2) is 7.25. The van der Waals surface area contributed by atoms with Gasteiger partial charge in [-0.05, 0) is 45.9 Å². The van der Waals surface area contributed by atoms with E-state index in [4.69, 9.17) is 18.9 Å². The lowest BCUT2D eigenvalue weighted by molar-refractivity contribution is 0.0659. The molecule has 5 rings (SSSR count). The van der Waals surface area contributed by atoms with Gasteiger partial charge in [-0.3, -0.25) is 9.59 Å². The zero-order valence-electron chi connectivity index (χ0n) is 19.3. The fourth-order valence-corrected chi connectivity index (χ4v) is 4.02. The van der Waals surface area contributed by atoms with E-state index in [1.807, 2.05) is 27.7 Å². The van der Waals surface area contributed by atoms with Gasteiger partial charge in [0.15, 0.2) is 0 Å². The van der Waals surface area contributed by atoms with Crippen LogP contribution in [0.4, 0.5) is 0 Å². The number of carbonyl (C=O) groups is 2. The molecule has 174 valence electrons. The molecule has 4 aliphatic heterocycles. The van der Waals surface area contributed by atoms with Crippen LogP contribution in [0.25, 0.3) is 0 Å². The van der Waals surface area contributed by atoms with Gasteiger partial charge in [-0.1, -0.05) is 6.07 Å². The van der Waals surface area contributed by atoms with Crippen molar-refractivity contribution in [2.75, 3.05) is 52.6 Å². The number of benzene rings is 1. The van der Waals surface area contributed by atoms with E-state index in [1.165, 1.54) is 0 Å². The van der Waals surface area contributed by atoms with E-state index in [-0.39, 0.29) is 34.2 Å². The molecular formula is C24H32N2O6. The minimum absolute atomic E-state index is 0.116. The van der Waals surface area contributed by atoms with Crippen LogP contribution < -0.4 is 0 Å². The van der Waals surface area contributed by atoms with Crippen LogP contribution in [-0.4, -0.2) is 96.6 Å². The van der Waals surface area contributed by atoms with Crippen molar-refractivity contribution in [2.45, 2.75) is 50.1 Å². The van der Waals surface area contributed by atoms with Crippen LogP contribution in [-0.2, 0) is 18.9 Å². The Morgan fingerprint density at radius 1 is 0.688 bits per heavy atom. The van der Waals surface area contributed by atoms with Crippen molar-refractivity contribution >= 4 is 11.8 Å². The summed E-state index contributed by atoms with van der Waals surface area (Å²) < 4.78 is 22.1. The number of rotatable bonds is 10. The molecule has 1 aromatic rings. The third kappa shape index (κ3) is 4.98. The van der Waals surface area contributed by atoms with Crippen LogP contribution in [0.15, 0.2) is 24.3 Å². The van der Waals surface area contributed by atoms with E-state index >= 15 is 0 Å². The number of carbonyl (C=O) groups excluding carboxylic acids is 2. The fraction of sp³-hybridized carbons (Fsp3) is 0.667. The third-order valence-corrected chi connectivity index (χ3v) is 6.58. The highest BCUT2D eigenvalue weighted by atomic mass is 16.6. The van der Waals surface area contributed by atoms with Gasteiger partial charge in [-0.2, -0.15) is 0 Å². The summed E-state index contributed by atoms with van der Waals surface area (Å²) in [5, 5.41) is 0. The smallest absolute Gasteiger partial charge is 0.254 e. The largest absolute Gasteiger partial charge is 0.368 e. The van der Waals surface area contributed by atoms with Crippen LogP contribution >= 0.6 is 0 Å². The number of nitrogens with zero attached hydrogens (tertiary/aromatic N) is 2. The van der Waals surface area contributed by atoms with E-state index < -0.39 is 0 Å². The van der Waals surface area contributed by atoms with Crippen LogP contribution in [0.5, 0.6) is 0 Å². The highest BCUT2D eigenvalue weighted by Crippen LogP contribution is 2.34. The zero-order valence-corrected chi connectivity index (χ0v) is 19.3. The summed E-state index contributed by atoms with van der Waals surface area (Å²) in [5.74, 6) is -0.232. The van der Waals surface area contributed by atoms with Crippen molar-refractivity contribution in [3.8, 4) is 0 Å². The minimum Gasteiger partial charge on any atom is -0.368 e. The molecule has 4 heterocycles. The first-order valence-corrected chi connectivity index (χ1v) is 11.2. The Morgan fingerprint density at radius 2 is 0.969 bits per heavy atom. The van der Waals surface area contributed by atoms with Crippen LogP contribution in [0.3, 0.4) is 0 Å². The van der Waals surface area contributed by atoms with E-state index in [1.54, 1.807) is 34.1 Å². The first-order valence-electron chi connectivity index (χ1n) is 11.2. The van der Waals surface area contributed by atoms with Crippen molar-refractivity contribution in [1.82, 2.24) is 9.80 Å². The average molecular weight is 445 g/mol. The van der Waals surface area contributed by atoms with Gasteiger partial charge in [0.1, 0.15) is 22.4 Å². The molecule has 4 atom stereocenters. The predicted molar refractivity (Wildman–Crippen MR) is 116 cm³/mol. The summed E-state index contributed by atoms with van der Waals surface area (Å²) in [4.78, 5) is 30.4. The molecule has 0 aromatic heterocycles. The quantitative estimate of drug-likeness (QED) is 0.511. The lowest BCUT2D eigenvalue weighted by atomic mass is 10.0. The molecule has 0 aliphatic carbocycles. The molecule has 0 radical (unpaired) electrons. The standard InChI is InChI=1S/C24H32N2O6/c1-21(13-29-21)9-25(10-22(2)14-30-22)19(27)17-6-5-7-18(8-17)20(28)26(11-23(3)15-31-23)12-24(4)16-32-24/h5-8H,9-16H2,1-4H3. The first-order chi connectivity index (χ1) is 15.0. The number of hydrogen-bond acceptors (Lipinski definition) is 6. The number of epoxide rings is 4. The van der Waals surface area contributed by atoms with Gasteiger partial charge < -0.3 is 28.7 Å². The molecule has 1 aromatic carbocycles. The minimum atomic E-state index is -0.301. The molecular weight excluding hydrogens is 412 g/mol. The van der Waals surface area contributed by atoms with Gasteiger partial charge in [-0.25, -0.2) is 0 Å². The Labute approximate surface area is 188 Å². The maximum absolute atomic E-state index is 13.4. The summed E-state index contributed by atoms with van der Waals surface area (Å²) in [6.45, 7) is 12.6. The molecule has 0 bridgehead atoms. The Morgan fingerprint density at radius 3 is 1.22 bits per heavy atom. The fourth-order valence-electron chi connectivity index (χ4n) is 4.02. The van der Waals surface area contributed by atoms with Crippen LogP contribution in [0.1, 0.15) is 48.4 Å². The molecule has 8 nitrogen and oxygen atoms in total. The second-order valence-electron chi connectivity index (χ2n) is 10.9. The molecule has 0 spiro atoms. The molecule has 4 saturated heterocycles. The highest BCUT2D eigenvalue weighted by Gasteiger charge is 2.48. The summed E-state index contributed by atoms with van der Waals surface area (Å²) in [6.07, 6.45) is 0. The lowest BCUT2D eigenvalue weighted by Gasteiger charge is -2.28. The van der Waals surface area contributed by atoms with E-state index in [2.05, 4.69) is 0 Å². The maximum Gasteiger partial charge on any atom is 0.254 e. The van der Waals surface area contributed by atoms with Gasteiger partial charge in [0.2, 0.25) is 0 Å². The molecule has 4 fully saturated rings. The monoisotopic (exact) mass is 444 g/mol. The summed E-state index contributed by atoms with van der Waals surface area (Å²) in [5.41, 5.74) is -0.219. The lowest BCUT2D eigenvalue weighted by Crippen LogP contribution is -2.44. The van der Waals surface area contributed by atoms with Crippen molar-refractivity contribution in [1.29, 1.82) is 0 Å². The van der Waals surface area contributed by atoms with Gasteiger partial charge in [0, 0.05) is 11.1 Å². The number of ether oxygens (including phenoxy) is 4. The van der Waals surface area contributed by atoms with Crippen LogP contribution in [0, 0.1) is 0 Å². The molecule has 4 unspecified atom stereocenters. The Bertz CT molecular complexity index is 819.